The van der Waals surface area contributed by atoms with Gasteiger partial charge in [0.15, 0.2) is 0 Å². The van der Waals surface area contributed by atoms with Crippen LogP contribution in [0.1, 0.15) is 16.8 Å². The van der Waals surface area contributed by atoms with Gasteiger partial charge in [0.05, 0.1) is 44.1 Å². The van der Waals surface area contributed by atoms with Gasteiger partial charge in [-0.1, -0.05) is 54.0 Å². The standard InChI is InChI=1S/C30H23Cl2N7O2/c1-4-24(40)35-13-17-5-10-21(22(31)11-17)28-25(26-27(39(28)3)19(12-33)14-36-29(26)34)18-6-8-20(9-7-18)41-30-37-15-23(32)16(2)38-30/h4-11,14-15H,1,13H2,2-3H3,(H2,34,36)(H,35,40). The number of hydrogen-bond donors (Lipinski definition) is 2. The predicted molar refractivity (Wildman–Crippen MR) is 160 cm³/mol. The van der Waals surface area contributed by atoms with E-state index in [9.17, 15) is 10.1 Å². The van der Waals surface area contributed by atoms with E-state index in [2.05, 4.69) is 32.9 Å². The Balaban J connectivity index is 1.64. The lowest BCUT2D eigenvalue weighted by Crippen LogP contribution is -2.19. The molecular formula is C30H23Cl2N7O2. The van der Waals surface area contributed by atoms with E-state index in [1.54, 1.807) is 25.1 Å². The number of anilines is 1. The van der Waals surface area contributed by atoms with Crippen LogP contribution in [0, 0.1) is 18.3 Å². The van der Waals surface area contributed by atoms with Crippen LogP contribution < -0.4 is 15.8 Å². The highest BCUT2D eigenvalue weighted by Crippen LogP contribution is 2.45. The summed E-state index contributed by atoms with van der Waals surface area (Å²) in [5.74, 6) is 0.518. The van der Waals surface area contributed by atoms with Gasteiger partial charge < -0.3 is 20.4 Å². The zero-order chi connectivity index (χ0) is 29.3. The fourth-order valence-electron chi connectivity index (χ4n) is 4.58. The summed E-state index contributed by atoms with van der Waals surface area (Å²) in [5.41, 5.74) is 11.9. The van der Waals surface area contributed by atoms with Crippen LogP contribution in [-0.4, -0.2) is 25.4 Å². The first-order chi connectivity index (χ1) is 19.7. The van der Waals surface area contributed by atoms with Gasteiger partial charge in [0.25, 0.3) is 0 Å². The predicted octanol–water partition coefficient (Wildman–Crippen LogP) is 6.36. The Bertz CT molecular complexity index is 1880. The Morgan fingerprint density at radius 3 is 2.59 bits per heavy atom. The average Bonchev–Trinajstić information content (AvgIpc) is 3.28. The van der Waals surface area contributed by atoms with Gasteiger partial charge in [0.2, 0.25) is 5.91 Å². The highest BCUT2D eigenvalue weighted by atomic mass is 35.5. The molecule has 5 rings (SSSR count). The van der Waals surface area contributed by atoms with Crippen molar-refractivity contribution in [2.45, 2.75) is 13.5 Å². The van der Waals surface area contributed by atoms with Crippen molar-refractivity contribution >= 4 is 45.8 Å². The Kier molecular flexibility index (Phi) is 7.62. The van der Waals surface area contributed by atoms with Crippen molar-refractivity contribution in [2.24, 2.45) is 7.05 Å². The molecule has 204 valence electrons. The molecule has 41 heavy (non-hydrogen) atoms. The number of nitriles is 1. The second-order valence-corrected chi connectivity index (χ2v) is 9.94. The summed E-state index contributed by atoms with van der Waals surface area (Å²) in [7, 11) is 1.85. The summed E-state index contributed by atoms with van der Waals surface area (Å²) >= 11 is 12.9. The number of pyridine rings is 1. The summed E-state index contributed by atoms with van der Waals surface area (Å²) in [4.78, 5) is 24.3. The number of nitrogens with one attached hydrogen (secondary N) is 1. The number of ether oxygens (including phenoxy) is 1. The number of amides is 1. The van der Waals surface area contributed by atoms with Crippen LogP contribution >= 0.6 is 23.2 Å². The van der Waals surface area contributed by atoms with Crippen molar-refractivity contribution in [2.75, 3.05) is 5.73 Å². The van der Waals surface area contributed by atoms with Gasteiger partial charge >= 0.3 is 6.01 Å². The van der Waals surface area contributed by atoms with Crippen molar-refractivity contribution in [1.29, 1.82) is 5.26 Å². The SMILES string of the molecule is C=CC(=O)NCc1ccc(-c2c(-c3ccc(Oc4ncc(Cl)c(C)n4)cc3)c3c(N)ncc(C#N)c3n2C)c(Cl)c1. The van der Waals surface area contributed by atoms with Gasteiger partial charge in [-0.3, -0.25) is 4.79 Å². The number of carbonyl (C=O) groups is 1. The first-order valence-electron chi connectivity index (χ1n) is 12.3. The summed E-state index contributed by atoms with van der Waals surface area (Å²) < 4.78 is 7.73. The molecule has 0 atom stereocenters. The maximum Gasteiger partial charge on any atom is 0.322 e. The van der Waals surface area contributed by atoms with Crippen LogP contribution in [0.2, 0.25) is 10.0 Å². The molecule has 3 aromatic heterocycles. The number of nitrogen functional groups attached to an aromatic ring is 1. The third kappa shape index (κ3) is 5.31. The number of carbonyl (C=O) groups excluding carboxylic acids is 1. The lowest BCUT2D eigenvalue weighted by molar-refractivity contribution is -0.116. The van der Waals surface area contributed by atoms with Crippen molar-refractivity contribution in [3.05, 3.63) is 94.4 Å². The topological polar surface area (TPSA) is 132 Å². The molecule has 0 spiro atoms. The van der Waals surface area contributed by atoms with Crippen LogP contribution in [0.5, 0.6) is 11.8 Å². The number of benzene rings is 2. The van der Waals surface area contributed by atoms with Gasteiger partial charge in [0.1, 0.15) is 17.6 Å². The molecule has 0 saturated carbocycles. The van der Waals surface area contributed by atoms with Crippen molar-refractivity contribution in [3.8, 4) is 40.2 Å². The smallest absolute Gasteiger partial charge is 0.322 e. The van der Waals surface area contributed by atoms with E-state index < -0.39 is 0 Å². The quantitative estimate of drug-likeness (QED) is 0.213. The Morgan fingerprint density at radius 2 is 1.93 bits per heavy atom. The molecule has 3 N–H and O–H groups in total. The number of hydrogen-bond acceptors (Lipinski definition) is 7. The van der Waals surface area contributed by atoms with E-state index in [1.165, 1.54) is 18.5 Å². The molecule has 0 unspecified atom stereocenters. The van der Waals surface area contributed by atoms with Gasteiger partial charge in [-0.2, -0.15) is 10.2 Å². The number of aryl methyl sites for hydroxylation is 2. The van der Waals surface area contributed by atoms with Crippen LogP contribution in [0.25, 0.3) is 33.3 Å². The lowest BCUT2D eigenvalue weighted by Gasteiger charge is -2.13. The fraction of sp³-hybridized carbons (Fsp3) is 0.100. The average molecular weight is 584 g/mol. The van der Waals surface area contributed by atoms with Crippen LogP contribution in [-0.2, 0) is 18.4 Å². The molecule has 11 heteroatoms. The first kappa shape index (κ1) is 27.6. The normalized spacial score (nSPS) is 10.8. The molecular weight excluding hydrogens is 561 g/mol. The number of aromatic nitrogens is 4. The summed E-state index contributed by atoms with van der Waals surface area (Å²) in [6.07, 6.45) is 4.16. The second-order valence-electron chi connectivity index (χ2n) is 9.12. The van der Waals surface area contributed by atoms with Gasteiger partial charge in [-0.25, -0.2) is 9.97 Å². The summed E-state index contributed by atoms with van der Waals surface area (Å²) in [5, 5.41) is 14.2. The Morgan fingerprint density at radius 1 is 1.17 bits per heavy atom. The zero-order valence-electron chi connectivity index (χ0n) is 22.1. The molecule has 0 fully saturated rings. The molecule has 9 nitrogen and oxygen atoms in total. The molecule has 0 saturated heterocycles. The number of fused-ring (bicyclic) bond motifs is 1. The van der Waals surface area contributed by atoms with Crippen LogP contribution in [0.15, 0.2) is 67.5 Å². The van der Waals surface area contributed by atoms with Gasteiger partial charge in [0, 0.05) is 30.9 Å². The molecule has 1 amide bonds. The number of rotatable bonds is 7. The molecule has 0 bridgehead atoms. The fourth-order valence-corrected chi connectivity index (χ4v) is 4.97. The first-order valence-corrected chi connectivity index (χ1v) is 13.1. The largest absolute Gasteiger partial charge is 0.424 e. The minimum Gasteiger partial charge on any atom is -0.424 e. The van der Waals surface area contributed by atoms with E-state index in [0.717, 1.165) is 22.4 Å². The Labute approximate surface area is 245 Å². The number of halogens is 2. The highest BCUT2D eigenvalue weighted by molar-refractivity contribution is 6.34. The van der Waals surface area contributed by atoms with Crippen molar-refractivity contribution in [3.63, 3.8) is 0 Å². The van der Waals surface area contributed by atoms with Gasteiger partial charge in [-0.15, -0.1) is 0 Å². The molecule has 2 aromatic carbocycles. The van der Waals surface area contributed by atoms with Crippen LogP contribution in [0.4, 0.5) is 5.82 Å². The number of nitrogens with zero attached hydrogens (tertiary/aromatic N) is 5. The summed E-state index contributed by atoms with van der Waals surface area (Å²) in [6, 6.07) is 15.3. The molecule has 3 heterocycles. The molecule has 0 aliphatic rings. The second kappa shape index (κ2) is 11.3. The van der Waals surface area contributed by atoms with E-state index in [4.69, 9.17) is 33.7 Å². The van der Waals surface area contributed by atoms with E-state index in [1.807, 2.05) is 35.9 Å². The van der Waals surface area contributed by atoms with Crippen LogP contribution in [0.3, 0.4) is 0 Å². The Hall–Kier alpha value is -4.91. The maximum absolute atomic E-state index is 11.6. The molecule has 0 aliphatic heterocycles. The maximum atomic E-state index is 11.6. The molecule has 0 radical (unpaired) electrons. The number of nitrogens with two attached hydrogens (primary N) is 1. The minimum atomic E-state index is -0.279. The zero-order valence-corrected chi connectivity index (χ0v) is 23.6. The van der Waals surface area contributed by atoms with E-state index >= 15 is 0 Å². The minimum absolute atomic E-state index is 0.175. The lowest BCUT2D eigenvalue weighted by atomic mass is 9.97. The molecule has 0 aliphatic carbocycles. The van der Waals surface area contributed by atoms with Crippen molar-refractivity contribution in [1.82, 2.24) is 24.8 Å². The highest BCUT2D eigenvalue weighted by Gasteiger charge is 2.24. The summed E-state index contributed by atoms with van der Waals surface area (Å²) in [6.45, 7) is 5.53. The van der Waals surface area contributed by atoms with Gasteiger partial charge in [-0.05, 0) is 42.3 Å². The van der Waals surface area contributed by atoms with E-state index in [0.29, 0.717) is 50.1 Å². The monoisotopic (exact) mass is 583 g/mol. The third-order valence-corrected chi connectivity index (χ3v) is 7.23. The molecule has 5 aromatic rings. The van der Waals surface area contributed by atoms with E-state index in [-0.39, 0.29) is 17.7 Å². The van der Waals surface area contributed by atoms with Crippen molar-refractivity contribution < 1.29 is 9.53 Å². The third-order valence-electron chi connectivity index (χ3n) is 6.55.